The number of aliphatic hydroxyl groups is 1. The highest BCUT2D eigenvalue weighted by molar-refractivity contribution is 5.46. The van der Waals surface area contributed by atoms with E-state index in [1.54, 1.807) is 0 Å². The summed E-state index contributed by atoms with van der Waals surface area (Å²) in [5.74, 6) is 0. The average Bonchev–Trinajstić information content (AvgIpc) is 2.26. The van der Waals surface area contributed by atoms with Gasteiger partial charge >= 0.3 is 0 Å². The van der Waals surface area contributed by atoms with Crippen LogP contribution in [0, 0.1) is 5.41 Å². The van der Waals surface area contributed by atoms with Crippen molar-refractivity contribution in [2.75, 3.05) is 5.73 Å². The minimum absolute atomic E-state index is 0.0243. The molecule has 2 unspecified atom stereocenters. The van der Waals surface area contributed by atoms with Gasteiger partial charge in [-0.05, 0) is 18.1 Å². The predicted molar refractivity (Wildman–Crippen MR) is 65.9 cm³/mol. The summed E-state index contributed by atoms with van der Waals surface area (Å²) >= 11 is 0. The highest BCUT2D eigenvalue weighted by atomic mass is 16.3. The minimum atomic E-state index is -0.182. The van der Waals surface area contributed by atoms with E-state index < -0.39 is 0 Å². The molecule has 1 aliphatic rings. The van der Waals surface area contributed by atoms with Crippen LogP contribution in [0.25, 0.3) is 0 Å². The molecule has 1 saturated carbocycles. The van der Waals surface area contributed by atoms with E-state index in [0.717, 1.165) is 24.2 Å². The topological polar surface area (TPSA) is 58.3 Å². The molecule has 1 aromatic rings. The van der Waals surface area contributed by atoms with Crippen LogP contribution in [0.2, 0.25) is 0 Å². The maximum absolute atomic E-state index is 9.63. The molecule has 0 aliphatic heterocycles. The van der Waals surface area contributed by atoms with Gasteiger partial charge in [0.05, 0.1) is 6.10 Å². The second-order valence-electron chi connectivity index (χ2n) is 5.21. The number of aliphatic hydroxyl groups excluding tert-OH is 1. The lowest BCUT2D eigenvalue weighted by molar-refractivity contribution is -0.0729. The Morgan fingerprint density at radius 3 is 2.69 bits per heavy atom. The molecule has 2 rings (SSSR count). The van der Waals surface area contributed by atoms with Gasteiger partial charge in [0.15, 0.2) is 0 Å². The van der Waals surface area contributed by atoms with Crippen molar-refractivity contribution in [1.82, 2.24) is 5.32 Å². The van der Waals surface area contributed by atoms with Crippen LogP contribution in [0.5, 0.6) is 0 Å². The van der Waals surface area contributed by atoms with Crippen LogP contribution in [-0.4, -0.2) is 17.3 Å². The van der Waals surface area contributed by atoms with E-state index in [2.05, 4.69) is 19.2 Å². The van der Waals surface area contributed by atoms with Gasteiger partial charge in [-0.1, -0.05) is 32.0 Å². The predicted octanol–water partition coefficient (Wildman–Crippen LogP) is 1.52. The van der Waals surface area contributed by atoms with Gasteiger partial charge in [-0.25, -0.2) is 0 Å². The second-order valence-corrected chi connectivity index (χ2v) is 5.21. The van der Waals surface area contributed by atoms with E-state index in [1.807, 2.05) is 24.3 Å². The highest BCUT2D eigenvalue weighted by Crippen LogP contribution is 2.40. The van der Waals surface area contributed by atoms with E-state index >= 15 is 0 Å². The van der Waals surface area contributed by atoms with E-state index in [1.165, 1.54) is 0 Å². The van der Waals surface area contributed by atoms with Crippen LogP contribution in [0.1, 0.15) is 25.8 Å². The molecule has 0 aromatic heterocycles. The fourth-order valence-electron chi connectivity index (χ4n) is 2.18. The van der Waals surface area contributed by atoms with Gasteiger partial charge in [-0.2, -0.15) is 0 Å². The molecule has 0 saturated heterocycles. The van der Waals surface area contributed by atoms with Crippen LogP contribution < -0.4 is 11.1 Å². The number of para-hydroxylation sites is 1. The summed E-state index contributed by atoms with van der Waals surface area (Å²) in [4.78, 5) is 0. The van der Waals surface area contributed by atoms with Crippen molar-refractivity contribution in [2.24, 2.45) is 5.41 Å². The number of hydrogen-bond acceptors (Lipinski definition) is 3. The third-order valence-corrected chi connectivity index (χ3v) is 3.81. The van der Waals surface area contributed by atoms with Crippen molar-refractivity contribution in [3.05, 3.63) is 29.8 Å². The maximum Gasteiger partial charge on any atom is 0.0621 e. The summed E-state index contributed by atoms with van der Waals surface area (Å²) in [7, 11) is 0. The summed E-state index contributed by atoms with van der Waals surface area (Å²) in [5.41, 5.74) is 7.80. The van der Waals surface area contributed by atoms with Crippen LogP contribution in [0.15, 0.2) is 24.3 Å². The van der Waals surface area contributed by atoms with Gasteiger partial charge in [0.2, 0.25) is 0 Å². The van der Waals surface area contributed by atoms with Gasteiger partial charge in [0.25, 0.3) is 0 Å². The van der Waals surface area contributed by atoms with Crippen molar-refractivity contribution < 1.29 is 5.11 Å². The van der Waals surface area contributed by atoms with E-state index in [9.17, 15) is 5.11 Å². The van der Waals surface area contributed by atoms with Crippen molar-refractivity contribution in [3.63, 3.8) is 0 Å². The van der Waals surface area contributed by atoms with Crippen molar-refractivity contribution in [1.29, 1.82) is 0 Å². The first-order valence-electron chi connectivity index (χ1n) is 5.76. The van der Waals surface area contributed by atoms with E-state index in [0.29, 0.717) is 6.04 Å². The standard InChI is InChI=1S/C13H20N2O/c1-13(2)11(7-12(13)16)15-8-9-5-3-4-6-10(9)14/h3-6,11-12,15-16H,7-8,14H2,1-2H3. The molecule has 0 bridgehead atoms. The Balaban J connectivity index is 1.92. The molecular formula is C13H20N2O. The Bertz CT molecular complexity index is 376. The number of nitrogen functional groups attached to an aromatic ring is 1. The fraction of sp³-hybridized carbons (Fsp3) is 0.538. The SMILES string of the molecule is CC1(C)C(O)CC1NCc1ccccc1N. The third-order valence-electron chi connectivity index (χ3n) is 3.81. The minimum Gasteiger partial charge on any atom is -0.398 e. The van der Waals surface area contributed by atoms with Gasteiger partial charge in [0, 0.05) is 23.7 Å². The quantitative estimate of drug-likeness (QED) is 0.677. The Labute approximate surface area is 96.7 Å². The molecule has 0 radical (unpaired) electrons. The first-order valence-corrected chi connectivity index (χ1v) is 5.76. The van der Waals surface area contributed by atoms with Crippen molar-refractivity contribution in [3.8, 4) is 0 Å². The Hall–Kier alpha value is -1.06. The Kier molecular flexibility index (Phi) is 2.91. The first-order chi connectivity index (χ1) is 7.51. The average molecular weight is 220 g/mol. The lowest BCUT2D eigenvalue weighted by Gasteiger charge is -2.49. The summed E-state index contributed by atoms with van der Waals surface area (Å²) < 4.78 is 0. The molecule has 1 aromatic carbocycles. The van der Waals surface area contributed by atoms with Gasteiger partial charge in [-0.15, -0.1) is 0 Å². The molecule has 1 fully saturated rings. The van der Waals surface area contributed by atoms with E-state index in [4.69, 9.17) is 5.73 Å². The zero-order valence-corrected chi connectivity index (χ0v) is 9.90. The molecule has 0 amide bonds. The van der Waals surface area contributed by atoms with Crippen LogP contribution >= 0.6 is 0 Å². The molecule has 88 valence electrons. The monoisotopic (exact) mass is 220 g/mol. The zero-order chi connectivity index (χ0) is 11.8. The molecule has 3 nitrogen and oxygen atoms in total. The molecule has 16 heavy (non-hydrogen) atoms. The maximum atomic E-state index is 9.63. The van der Waals surface area contributed by atoms with Crippen LogP contribution in [0.4, 0.5) is 5.69 Å². The van der Waals surface area contributed by atoms with Crippen LogP contribution in [-0.2, 0) is 6.54 Å². The first kappa shape index (κ1) is 11.4. The Morgan fingerprint density at radius 2 is 2.12 bits per heavy atom. The number of anilines is 1. The van der Waals surface area contributed by atoms with E-state index in [-0.39, 0.29) is 11.5 Å². The number of hydrogen-bond donors (Lipinski definition) is 3. The lowest BCUT2D eigenvalue weighted by atomic mass is 9.64. The lowest BCUT2D eigenvalue weighted by Crippen LogP contribution is -2.59. The molecule has 1 aliphatic carbocycles. The number of nitrogens with two attached hydrogens (primary N) is 1. The summed E-state index contributed by atoms with van der Waals surface area (Å²) in [6.07, 6.45) is 0.651. The molecule has 2 atom stereocenters. The summed E-state index contributed by atoms with van der Waals surface area (Å²) in [6, 6.07) is 8.26. The normalized spacial score (nSPS) is 27.4. The smallest absolute Gasteiger partial charge is 0.0621 e. The number of benzene rings is 1. The number of nitrogens with one attached hydrogen (secondary N) is 1. The van der Waals surface area contributed by atoms with Crippen LogP contribution in [0.3, 0.4) is 0 Å². The van der Waals surface area contributed by atoms with Gasteiger partial charge in [0.1, 0.15) is 0 Å². The molecule has 4 N–H and O–H groups in total. The third kappa shape index (κ3) is 1.93. The Morgan fingerprint density at radius 1 is 1.44 bits per heavy atom. The van der Waals surface area contributed by atoms with Gasteiger partial charge < -0.3 is 16.2 Å². The van der Waals surface area contributed by atoms with Crippen molar-refractivity contribution >= 4 is 5.69 Å². The highest BCUT2D eigenvalue weighted by Gasteiger charge is 2.46. The molecular weight excluding hydrogens is 200 g/mol. The summed E-state index contributed by atoms with van der Waals surface area (Å²) in [6.45, 7) is 4.95. The summed E-state index contributed by atoms with van der Waals surface area (Å²) in [5, 5.41) is 13.1. The van der Waals surface area contributed by atoms with Crippen molar-refractivity contribution in [2.45, 2.75) is 39.0 Å². The molecule has 0 heterocycles. The van der Waals surface area contributed by atoms with Gasteiger partial charge in [-0.3, -0.25) is 0 Å². The molecule has 0 spiro atoms. The molecule has 3 heteroatoms. The second kappa shape index (κ2) is 4.07. The fourth-order valence-corrected chi connectivity index (χ4v) is 2.18. The zero-order valence-electron chi connectivity index (χ0n) is 9.90. The largest absolute Gasteiger partial charge is 0.398 e. The number of rotatable bonds is 3.